The van der Waals surface area contributed by atoms with Crippen molar-refractivity contribution in [1.82, 2.24) is 0 Å². The van der Waals surface area contributed by atoms with Crippen molar-refractivity contribution in [2.24, 2.45) is 0 Å². The number of benzene rings is 8. The molecular weight excluding hydrogens is 836 g/mol. The Hall–Kier alpha value is -6.40. The van der Waals surface area contributed by atoms with Gasteiger partial charge >= 0.3 is 6.85 Å². The lowest BCUT2D eigenvalue weighted by molar-refractivity contribution is 0.660. The van der Waals surface area contributed by atoms with Crippen LogP contribution in [-0.4, -0.2) is 6.85 Å². The molecule has 0 fully saturated rings. The van der Waals surface area contributed by atoms with E-state index in [1.807, 2.05) is 22.7 Å². The smallest absolute Gasteiger partial charge is 0.343 e. The van der Waals surface area contributed by atoms with E-state index in [-0.39, 0.29) is 12.3 Å². The summed E-state index contributed by atoms with van der Waals surface area (Å²) >= 11 is 3.96. The lowest BCUT2D eigenvalue weighted by atomic mass is 9.46. The van der Waals surface area contributed by atoms with Gasteiger partial charge in [-0.05, 0) is 107 Å². The molecule has 2 nitrogen and oxygen atoms in total. The fourth-order valence-corrected chi connectivity index (χ4v) is 14.4. The number of fused-ring (bicyclic) bond motifs is 14. The number of anilines is 5. The summed E-state index contributed by atoms with van der Waals surface area (Å²) in [5.74, 6) is 0. The van der Waals surface area contributed by atoms with E-state index in [9.17, 15) is 0 Å². The lowest BCUT2D eigenvalue weighted by Gasteiger charge is -2.46. The molecule has 0 amide bonds. The highest BCUT2D eigenvalue weighted by Gasteiger charge is 2.50. The first kappa shape index (κ1) is 39.9. The van der Waals surface area contributed by atoms with Crippen molar-refractivity contribution >= 4 is 98.5 Å². The topological polar surface area (TPSA) is 6.48 Å². The van der Waals surface area contributed by atoms with E-state index in [1.54, 1.807) is 0 Å². The molecule has 0 bridgehead atoms. The van der Waals surface area contributed by atoms with E-state index < -0.39 is 0 Å². The number of unbranched alkanes of at least 4 members (excludes halogenated alkanes) is 2. The Bertz CT molecular complexity index is 3560. The van der Waals surface area contributed by atoms with Crippen LogP contribution in [0, 0.1) is 0 Å². The largest absolute Gasteiger partial charge is 0.375 e. The van der Waals surface area contributed by atoms with E-state index in [0.717, 1.165) is 12.8 Å². The van der Waals surface area contributed by atoms with Crippen LogP contribution in [0.4, 0.5) is 28.4 Å². The molecule has 0 spiro atoms. The fourth-order valence-electron chi connectivity index (χ4n) is 11.8. The predicted octanol–water partition coefficient (Wildman–Crippen LogP) is 16.6. The van der Waals surface area contributed by atoms with Crippen LogP contribution in [0.2, 0.25) is 0 Å². The maximum Gasteiger partial charge on any atom is 0.343 e. The monoisotopic (exact) mass is 886 g/mol. The molecule has 3 aliphatic rings. The molecule has 0 saturated heterocycles. The van der Waals surface area contributed by atoms with Gasteiger partial charge in [0, 0.05) is 79.8 Å². The Morgan fingerprint density at radius 1 is 0.515 bits per heavy atom. The number of aryl methyl sites for hydroxylation is 2. The summed E-state index contributed by atoms with van der Waals surface area (Å²) in [5.41, 5.74) is 21.2. The van der Waals surface area contributed by atoms with Crippen molar-refractivity contribution in [1.29, 1.82) is 0 Å². The first-order chi connectivity index (χ1) is 32.4. The van der Waals surface area contributed by atoms with Crippen molar-refractivity contribution in [2.45, 2.75) is 71.6 Å². The summed E-state index contributed by atoms with van der Waals surface area (Å²) in [6.07, 6.45) is 6.90. The Morgan fingerprint density at radius 2 is 1.20 bits per heavy atom. The third kappa shape index (κ3) is 5.79. The van der Waals surface area contributed by atoms with Crippen molar-refractivity contribution in [3.8, 4) is 33.4 Å². The standard InChI is InChI=1S/C61H51BN2S2/c1-5-7-18-38-28-31-41(32-29-38)64-57-45(33-34-49-54(57)43-23-12-15-25-48(43)61(49,3)4)55-56-51(37-47-42-22-13-16-26-52(42)65-59(47)55)63(58-44-24-14-17-27-53(44)66-60(58)62(56)64)50-35-30-39(19-8-6-2)36-46(50)40-20-10-9-11-21-40/h9-17,20-37H,5-8,18-19H2,1-4H3. The Balaban J connectivity index is 1.20. The van der Waals surface area contributed by atoms with Gasteiger partial charge < -0.3 is 9.71 Å². The highest BCUT2D eigenvalue weighted by atomic mass is 32.1. The Kier molecular flexibility index (Phi) is 9.28. The fraction of sp³-hybridized carbons (Fsp3) is 0.180. The zero-order valence-electron chi connectivity index (χ0n) is 38.1. The molecule has 0 atom stereocenters. The first-order valence-electron chi connectivity index (χ1n) is 24.1. The molecule has 320 valence electrons. The molecule has 0 saturated carbocycles. The second-order valence-corrected chi connectivity index (χ2v) is 21.4. The highest BCUT2D eigenvalue weighted by molar-refractivity contribution is 7.33. The van der Waals surface area contributed by atoms with E-state index in [1.165, 1.54) is 150 Å². The highest BCUT2D eigenvalue weighted by Crippen LogP contribution is 2.60. The van der Waals surface area contributed by atoms with Gasteiger partial charge in [0.1, 0.15) is 0 Å². The van der Waals surface area contributed by atoms with E-state index in [0.29, 0.717) is 0 Å². The number of hydrogen-bond donors (Lipinski definition) is 0. The Labute approximate surface area is 396 Å². The van der Waals surface area contributed by atoms with Crippen LogP contribution in [0.15, 0.2) is 164 Å². The van der Waals surface area contributed by atoms with Crippen molar-refractivity contribution < 1.29 is 0 Å². The molecule has 66 heavy (non-hydrogen) atoms. The summed E-state index contributed by atoms with van der Waals surface area (Å²) in [5, 5.41) is 3.96. The van der Waals surface area contributed by atoms with Crippen molar-refractivity contribution in [3.05, 3.63) is 186 Å². The van der Waals surface area contributed by atoms with Gasteiger partial charge in [0.15, 0.2) is 0 Å². The minimum atomic E-state index is -0.144. The van der Waals surface area contributed by atoms with Crippen molar-refractivity contribution in [3.63, 3.8) is 0 Å². The molecule has 0 radical (unpaired) electrons. The molecule has 13 rings (SSSR count). The summed E-state index contributed by atoms with van der Waals surface area (Å²) < 4.78 is 5.42. The summed E-state index contributed by atoms with van der Waals surface area (Å²) in [7, 11) is 0. The molecule has 10 aromatic rings. The number of nitrogens with zero attached hydrogens (tertiary/aromatic N) is 2. The molecule has 8 aromatic carbocycles. The van der Waals surface area contributed by atoms with E-state index in [4.69, 9.17) is 0 Å². The quantitative estimate of drug-likeness (QED) is 0.133. The van der Waals surface area contributed by atoms with Gasteiger partial charge in [-0.1, -0.05) is 162 Å². The lowest BCUT2D eigenvalue weighted by Crippen LogP contribution is -2.60. The molecule has 2 aromatic heterocycles. The second-order valence-electron chi connectivity index (χ2n) is 19.2. The number of thiophene rings is 2. The van der Waals surface area contributed by atoms with Crippen LogP contribution in [0.5, 0.6) is 0 Å². The molecule has 0 N–H and O–H groups in total. The van der Waals surface area contributed by atoms with Gasteiger partial charge in [0.2, 0.25) is 0 Å². The molecule has 1 aliphatic carbocycles. The third-order valence-corrected chi connectivity index (χ3v) is 17.4. The van der Waals surface area contributed by atoms with Gasteiger partial charge in [0.25, 0.3) is 0 Å². The second kappa shape index (κ2) is 15.3. The average Bonchev–Trinajstić information content (AvgIpc) is 4.01. The normalized spacial score (nSPS) is 14.2. The zero-order valence-corrected chi connectivity index (χ0v) is 39.8. The van der Waals surface area contributed by atoms with Gasteiger partial charge in [-0.2, -0.15) is 0 Å². The average molecular weight is 887 g/mol. The van der Waals surface area contributed by atoms with Crippen LogP contribution in [0.1, 0.15) is 75.6 Å². The third-order valence-electron chi connectivity index (χ3n) is 15.0. The zero-order chi connectivity index (χ0) is 44.3. The molecular formula is C61H51BN2S2. The van der Waals surface area contributed by atoms with Gasteiger partial charge in [-0.3, -0.25) is 0 Å². The molecule has 2 aliphatic heterocycles. The molecule has 0 unspecified atom stereocenters. The number of rotatable bonds is 9. The summed E-state index contributed by atoms with van der Waals surface area (Å²) in [6.45, 7) is 9.37. The Morgan fingerprint density at radius 3 is 1.98 bits per heavy atom. The van der Waals surface area contributed by atoms with E-state index in [2.05, 4.69) is 201 Å². The minimum Gasteiger partial charge on any atom is -0.375 e. The molecule has 5 heteroatoms. The maximum absolute atomic E-state index is 2.79. The van der Waals surface area contributed by atoms with Crippen LogP contribution < -0.4 is 20.0 Å². The van der Waals surface area contributed by atoms with Crippen molar-refractivity contribution in [2.75, 3.05) is 9.71 Å². The van der Waals surface area contributed by atoms with Gasteiger partial charge in [-0.15, -0.1) is 22.7 Å². The number of hydrogen-bond acceptors (Lipinski definition) is 4. The van der Waals surface area contributed by atoms with Gasteiger partial charge in [0.05, 0.1) is 11.4 Å². The predicted molar refractivity (Wildman–Crippen MR) is 289 cm³/mol. The maximum atomic E-state index is 2.79. The van der Waals surface area contributed by atoms with Crippen LogP contribution in [0.3, 0.4) is 0 Å². The first-order valence-corrected chi connectivity index (χ1v) is 25.7. The van der Waals surface area contributed by atoms with Crippen LogP contribution in [-0.2, 0) is 18.3 Å². The summed E-state index contributed by atoms with van der Waals surface area (Å²) in [4.78, 5) is 5.49. The van der Waals surface area contributed by atoms with Crippen LogP contribution in [0.25, 0.3) is 63.6 Å². The molecule has 4 heterocycles. The SMILES string of the molecule is CCCCc1ccc(N2B3c4sc5ccccc5c4N(c4ccc(CCCC)cc4-c4ccccc4)c4cc5c(sc6ccccc65)c(c43)-c3ccc4c(c32)-c2ccccc2C4(C)C)cc1. The minimum absolute atomic E-state index is 0.0753. The summed E-state index contributed by atoms with van der Waals surface area (Å²) in [6, 6.07) is 63.3. The van der Waals surface area contributed by atoms with E-state index >= 15 is 0 Å². The van der Waals surface area contributed by atoms with Crippen LogP contribution >= 0.6 is 22.7 Å². The van der Waals surface area contributed by atoms with Gasteiger partial charge in [-0.25, -0.2) is 0 Å².